The monoisotopic (exact) mass is 407 g/mol. The normalized spacial score (nSPS) is 15.2. The maximum absolute atomic E-state index is 13.4. The number of amides is 1. The highest BCUT2D eigenvalue weighted by Crippen LogP contribution is 2.28. The topological polar surface area (TPSA) is 58.2 Å². The van der Waals surface area contributed by atoms with E-state index in [1.807, 2.05) is 35.2 Å². The minimum Gasteiger partial charge on any atom is -0.494 e. The summed E-state index contributed by atoms with van der Waals surface area (Å²) >= 11 is 0. The molecular weight excluding hydrogens is 381 g/mol. The van der Waals surface area contributed by atoms with Gasteiger partial charge in [0.1, 0.15) is 17.4 Å². The summed E-state index contributed by atoms with van der Waals surface area (Å²) in [6.07, 6.45) is 6.12. The summed E-state index contributed by atoms with van der Waals surface area (Å²) in [6.45, 7) is 4.14. The Morgan fingerprint density at radius 1 is 1.23 bits per heavy atom. The molecule has 1 aliphatic rings. The molecule has 1 aliphatic heterocycles. The second-order valence-electron chi connectivity index (χ2n) is 7.63. The van der Waals surface area contributed by atoms with Crippen molar-refractivity contribution in [1.82, 2.24) is 14.9 Å². The van der Waals surface area contributed by atoms with E-state index in [9.17, 15) is 9.18 Å². The van der Waals surface area contributed by atoms with Crippen LogP contribution >= 0.6 is 0 Å². The molecular formula is C24H26FN3O2. The number of halogens is 1. The molecule has 0 aliphatic carbocycles. The first-order valence-corrected chi connectivity index (χ1v) is 10.5. The van der Waals surface area contributed by atoms with Gasteiger partial charge in [-0.15, -0.1) is 0 Å². The third-order valence-corrected chi connectivity index (χ3v) is 5.43. The number of aromatic nitrogens is 2. The molecule has 0 spiro atoms. The van der Waals surface area contributed by atoms with Gasteiger partial charge in [-0.1, -0.05) is 19.1 Å². The minimum absolute atomic E-state index is 0.0198. The fraction of sp³-hybridized carbons (Fsp3) is 0.333. The van der Waals surface area contributed by atoms with Crippen molar-refractivity contribution in [3.8, 4) is 5.75 Å². The molecule has 1 N–H and O–H groups in total. The molecule has 0 unspecified atom stereocenters. The molecule has 0 radical (unpaired) electrons. The molecule has 5 nitrogen and oxygen atoms in total. The minimum atomic E-state index is -0.270. The standard InChI is InChI=1S/C24H26FN3O2/c1-2-15-30-20-7-3-17(4-8-20)5-10-23(29)28-13-11-18(12-14-28)24-26-21-9-6-19(25)16-22(21)27-24/h3-10,16,18H,2,11-15H2,1H3,(H,26,27)/b10-5+. The van der Waals surface area contributed by atoms with Crippen LogP contribution in [0, 0.1) is 5.82 Å². The first kappa shape index (κ1) is 20.1. The van der Waals surface area contributed by atoms with Crippen LogP contribution in [0.3, 0.4) is 0 Å². The molecule has 6 heteroatoms. The number of piperidine rings is 1. The molecule has 3 aromatic rings. The summed E-state index contributed by atoms with van der Waals surface area (Å²) in [5.74, 6) is 1.72. The molecule has 1 saturated heterocycles. The van der Waals surface area contributed by atoms with E-state index in [0.717, 1.165) is 47.4 Å². The summed E-state index contributed by atoms with van der Waals surface area (Å²) < 4.78 is 19.0. The van der Waals surface area contributed by atoms with Gasteiger partial charge >= 0.3 is 0 Å². The van der Waals surface area contributed by atoms with Crippen molar-refractivity contribution in [3.05, 3.63) is 65.7 Å². The molecule has 4 rings (SSSR count). The second-order valence-corrected chi connectivity index (χ2v) is 7.63. The van der Waals surface area contributed by atoms with E-state index in [0.29, 0.717) is 19.7 Å². The lowest BCUT2D eigenvalue weighted by atomic mass is 9.96. The van der Waals surface area contributed by atoms with E-state index in [2.05, 4.69) is 16.9 Å². The second kappa shape index (κ2) is 9.11. The van der Waals surface area contributed by atoms with Gasteiger partial charge < -0.3 is 14.6 Å². The van der Waals surface area contributed by atoms with Gasteiger partial charge in [0.15, 0.2) is 0 Å². The van der Waals surface area contributed by atoms with Crippen molar-refractivity contribution in [2.75, 3.05) is 19.7 Å². The number of H-pyrrole nitrogens is 1. The van der Waals surface area contributed by atoms with Crippen molar-refractivity contribution in [1.29, 1.82) is 0 Å². The van der Waals surface area contributed by atoms with Gasteiger partial charge in [-0.2, -0.15) is 0 Å². The van der Waals surface area contributed by atoms with Crippen LogP contribution in [0.1, 0.15) is 43.5 Å². The Morgan fingerprint density at radius 2 is 2.00 bits per heavy atom. The fourth-order valence-electron chi connectivity index (χ4n) is 3.74. The Balaban J connectivity index is 1.31. The number of carbonyl (C=O) groups is 1. The number of rotatable bonds is 6. The summed E-state index contributed by atoms with van der Waals surface area (Å²) in [4.78, 5) is 22.3. The average Bonchev–Trinajstić information content (AvgIpc) is 3.20. The predicted octanol–water partition coefficient (Wildman–Crippen LogP) is 4.91. The molecule has 156 valence electrons. The maximum atomic E-state index is 13.4. The van der Waals surface area contributed by atoms with Gasteiger partial charge in [-0.05, 0) is 61.2 Å². The van der Waals surface area contributed by atoms with E-state index < -0.39 is 0 Å². The summed E-state index contributed by atoms with van der Waals surface area (Å²) in [5, 5.41) is 0. The van der Waals surface area contributed by atoms with Gasteiger partial charge in [-0.25, -0.2) is 9.37 Å². The Labute approximate surface area is 175 Å². The van der Waals surface area contributed by atoms with Crippen LogP contribution in [0.4, 0.5) is 4.39 Å². The lowest BCUT2D eigenvalue weighted by Gasteiger charge is -2.30. The summed E-state index contributed by atoms with van der Waals surface area (Å²) in [5.41, 5.74) is 2.47. The molecule has 2 aromatic carbocycles. The zero-order valence-electron chi connectivity index (χ0n) is 17.1. The van der Waals surface area contributed by atoms with E-state index in [4.69, 9.17) is 4.74 Å². The van der Waals surface area contributed by atoms with Crippen LogP contribution in [-0.4, -0.2) is 40.5 Å². The zero-order chi connectivity index (χ0) is 20.9. The fourth-order valence-corrected chi connectivity index (χ4v) is 3.74. The first-order valence-electron chi connectivity index (χ1n) is 10.5. The molecule has 0 atom stereocenters. The third kappa shape index (κ3) is 4.70. The van der Waals surface area contributed by atoms with E-state index in [1.54, 1.807) is 12.1 Å². The van der Waals surface area contributed by atoms with Crippen molar-refractivity contribution in [3.63, 3.8) is 0 Å². The largest absolute Gasteiger partial charge is 0.494 e. The van der Waals surface area contributed by atoms with Crippen molar-refractivity contribution >= 4 is 23.0 Å². The number of nitrogens with one attached hydrogen (secondary N) is 1. The SMILES string of the molecule is CCCOc1ccc(/C=C/C(=O)N2CCC(c3nc4ccc(F)cc4[nH]3)CC2)cc1. The van der Waals surface area contributed by atoms with Crippen molar-refractivity contribution < 1.29 is 13.9 Å². The number of hydrogen-bond acceptors (Lipinski definition) is 3. The quantitative estimate of drug-likeness (QED) is 0.591. The third-order valence-electron chi connectivity index (χ3n) is 5.43. The first-order chi connectivity index (χ1) is 14.6. The lowest BCUT2D eigenvalue weighted by molar-refractivity contribution is -0.127. The Hall–Kier alpha value is -3.15. The molecule has 0 bridgehead atoms. The zero-order valence-corrected chi connectivity index (χ0v) is 17.1. The highest BCUT2D eigenvalue weighted by molar-refractivity contribution is 5.91. The highest BCUT2D eigenvalue weighted by Gasteiger charge is 2.24. The number of ether oxygens (including phenoxy) is 1. The number of aromatic amines is 1. The van der Waals surface area contributed by atoms with E-state index in [-0.39, 0.29) is 17.6 Å². The van der Waals surface area contributed by atoms with Crippen LogP contribution < -0.4 is 4.74 Å². The predicted molar refractivity (Wildman–Crippen MR) is 116 cm³/mol. The van der Waals surface area contributed by atoms with Crippen LogP contribution in [0.2, 0.25) is 0 Å². The number of nitrogens with zero attached hydrogens (tertiary/aromatic N) is 2. The smallest absolute Gasteiger partial charge is 0.246 e. The van der Waals surface area contributed by atoms with Crippen LogP contribution in [0.15, 0.2) is 48.5 Å². The van der Waals surface area contributed by atoms with Gasteiger partial charge in [0.25, 0.3) is 0 Å². The van der Waals surface area contributed by atoms with Gasteiger partial charge in [0.2, 0.25) is 5.91 Å². The van der Waals surface area contributed by atoms with Crippen molar-refractivity contribution in [2.45, 2.75) is 32.1 Å². The van der Waals surface area contributed by atoms with Crippen LogP contribution in [0.25, 0.3) is 17.1 Å². The number of benzene rings is 2. The molecule has 1 fully saturated rings. The van der Waals surface area contributed by atoms with Gasteiger partial charge in [0, 0.05) is 25.1 Å². The van der Waals surface area contributed by atoms with Crippen LogP contribution in [0.5, 0.6) is 5.75 Å². The van der Waals surface area contributed by atoms with E-state index in [1.165, 1.54) is 12.1 Å². The van der Waals surface area contributed by atoms with Gasteiger partial charge in [0.05, 0.1) is 17.6 Å². The maximum Gasteiger partial charge on any atom is 0.246 e. The molecule has 0 saturated carbocycles. The Kier molecular flexibility index (Phi) is 6.12. The Bertz CT molecular complexity index is 1030. The summed E-state index contributed by atoms with van der Waals surface area (Å²) in [6, 6.07) is 12.3. The van der Waals surface area contributed by atoms with Crippen molar-refractivity contribution in [2.24, 2.45) is 0 Å². The average molecular weight is 407 g/mol. The number of hydrogen-bond donors (Lipinski definition) is 1. The highest BCUT2D eigenvalue weighted by atomic mass is 19.1. The molecule has 1 amide bonds. The molecule has 30 heavy (non-hydrogen) atoms. The number of fused-ring (bicyclic) bond motifs is 1. The molecule has 1 aromatic heterocycles. The Morgan fingerprint density at radius 3 is 2.73 bits per heavy atom. The van der Waals surface area contributed by atoms with E-state index >= 15 is 0 Å². The molecule has 2 heterocycles. The number of imidazole rings is 1. The summed E-state index contributed by atoms with van der Waals surface area (Å²) in [7, 11) is 0. The van der Waals surface area contributed by atoms with Crippen LogP contribution in [-0.2, 0) is 4.79 Å². The number of likely N-dealkylation sites (tertiary alicyclic amines) is 1. The van der Waals surface area contributed by atoms with Gasteiger partial charge in [-0.3, -0.25) is 4.79 Å². The number of carbonyl (C=O) groups excluding carboxylic acids is 1. The lowest BCUT2D eigenvalue weighted by Crippen LogP contribution is -2.37.